The average Bonchev–Trinajstić information content (AvgIpc) is 3.10. The molecule has 1 saturated heterocycles. The number of aromatic nitrogens is 1. The molecule has 0 unspecified atom stereocenters. The first kappa shape index (κ1) is 19.7. The Bertz CT molecular complexity index is 756. The fourth-order valence-corrected chi connectivity index (χ4v) is 3.18. The SMILES string of the molecule is CN(C)CCNC(=O)c1coc(CN2CCN(c3cccc(Cl)c3)CC2)n1. The lowest BCUT2D eigenvalue weighted by atomic mass is 10.2. The molecule has 2 aromatic rings. The highest BCUT2D eigenvalue weighted by Gasteiger charge is 2.20. The zero-order valence-corrected chi connectivity index (χ0v) is 16.6. The summed E-state index contributed by atoms with van der Waals surface area (Å²) >= 11 is 6.08. The number of halogens is 1. The fraction of sp³-hybridized carbons (Fsp3) is 0.474. The number of rotatable bonds is 7. The second-order valence-electron chi connectivity index (χ2n) is 6.93. The number of amides is 1. The first-order valence-electron chi connectivity index (χ1n) is 9.11. The molecule has 1 amide bonds. The molecule has 3 rings (SSSR count). The van der Waals surface area contributed by atoms with E-state index in [9.17, 15) is 4.79 Å². The van der Waals surface area contributed by atoms with Gasteiger partial charge < -0.3 is 19.5 Å². The van der Waals surface area contributed by atoms with Gasteiger partial charge in [0.1, 0.15) is 6.26 Å². The molecule has 0 atom stereocenters. The van der Waals surface area contributed by atoms with Gasteiger partial charge in [-0.3, -0.25) is 9.69 Å². The highest BCUT2D eigenvalue weighted by molar-refractivity contribution is 6.30. The molecule has 146 valence electrons. The average molecular weight is 392 g/mol. The maximum absolute atomic E-state index is 12.1. The quantitative estimate of drug-likeness (QED) is 0.778. The van der Waals surface area contributed by atoms with Crippen LogP contribution in [0.15, 0.2) is 34.9 Å². The maximum atomic E-state index is 12.1. The van der Waals surface area contributed by atoms with Crippen LogP contribution in [0.1, 0.15) is 16.4 Å². The van der Waals surface area contributed by atoms with E-state index >= 15 is 0 Å². The van der Waals surface area contributed by atoms with E-state index in [1.54, 1.807) is 0 Å². The topological polar surface area (TPSA) is 64.9 Å². The standard InChI is InChI=1S/C19H26ClN5O2/c1-23(2)7-6-21-19(26)17-14-27-18(22-17)13-24-8-10-25(11-9-24)16-5-3-4-15(20)12-16/h3-5,12,14H,6-11,13H2,1-2H3,(H,21,26). The number of piperazine rings is 1. The zero-order chi connectivity index (χ0) is 19.2. The van der Waals surface area contributed by atoms with Gasteiger partial charge in [-0.25, -0.2) is 4.98 Å². The summed E-state index contributed by atoms with van der Waals surface area (Å²) in [4.78, 5) is 23.0. The summed E-state index contributed by atoms with van der Waals surface area (Å²) in [6.45, 7) is 5.61. The Kier molecular flexibility index (Phi) is 6.71. The molecule has 27 heavy (non-hydrogen) atoms. The van der Waals surface area contributed by atoms with Crippen molar-refractivity contribution < 1.29 is 9.21 Å². The van der Waals surface area contributed by atoms with Gasteiger partial charge in [0.05, 0.1) is 6.54 Å². The molecule has 7 nitrogen and oxygen atoms in total. The molecule has 1 aliphatic rings. The number of nitrogens with zero attached hydrogens (tertiary/aromatic N) is 4. The first-order chi connectivity index (χ1) is 13.0. The van der Waals surface area contributed by atoms with E-state index in [4.69, 9.17) is 16.0 Å². The molecule has 0 radical (unpaired) electrons. The van der Waals surface area contributed by atoms with Crippen LogP contribution in [0.4, 0.5) is 5.69 Å². The van der Waals surface area contributed by atoms with Gasteiger partial charge in [-0.2, -0.15) is 0 Å². The Morgan fingerprint density at radius 1 is 1.30 bits per heavy atom. The van der Waals surface area contributed by atoms with Crippen LogP contribution in [0, 0.1) is 0 Å². The summed E-state index contributed by atoms with van der Waals surface area (Å²) in [6, 6.07) is 7.93. The van der Waals surface area contributed by atoms with Crippen LogP contribution < -0.4 is 10.2 Å². The highest BCUT2D eigenvalue weighted by atomic mass is 35.5. The van der Waals surface area contributed by atoms with Crippen LogP contribution in [0.2, 0.25) is 5.02 Å². The number of anilines is 1. The Hall–Kier alpha value is -2.09. The van der Waals surface area contributed by atoms with Gasteiger partial charge in [0.15, 0.2) is 5.69 Å². The minimum absolute atomic E-state index is 0.197. The third kappa shape index (κ3) is 5.69. The second-order valence-corrected chi connectivity index (χ2v) is 7.37. The number of carbonyl (C=O) groups is 1. The van der Waals surface area contributed by atoms with Crippen molar-refractivity contribution in [3.63, 3.8) is 0 Å². The van der Waals surface area contributed by atoms with Crippen molar-refractivity contribution in [2.45, 2.75) is 6.54 Å². The lowest BCUT2D eigenvalue weighted by Crippen LogP contribution is -2.46. The maximum Gasteiger partial charge on any atom is 0.273 e. The van der Waals surface area contributed by atoms with Crippen molar-refractivity contribution in [3.8, 4) is 0 Å². The third-order valence-corrected chi connectivity index (χ3v) is 4.77. The summed E-state index contributed by atoms with van der Waals surface area (Å²) in [6.07, 6.45) is 1.43. The smallest absolute Gasteiger partial charge is 0.273 e. The Labute approximate surface area is 164 Å². The number of benzene rings is 1. The Balaban J connectivity index is 1.47. The lowest BCUT2D eigenvalue weighted by molar-refractivity contribution is 0.0946. The minimum atomic E-state index is -0.197. The van der Waals surface area contributed by atoms with Gasteiger partial charge in [-0.15, -0.1) is 0 Å². The second kappa shape index (κ2) is 9.21. The third-order valence-electron chi connectivity index (χ3n) is 4.53. The molecule has 0 saturated carbocycles. The predicted octanol–water partition coefficient (Wildman–Crippen LogP) is 1.94. The largest absolute Gasteiger partial charge is 0.447 e. The number of hydrogen-bond donors (Lipinski definition) is 1. The van der Waals surface area contributed by atoms with Crippen molar-refractivity contribution >= 4 is 23.2 Å². The van der Waals surface area contributed by atoms with Crippen LogP contribution in [0.3, 0.4) is 0 Å². The van der Waals surface area contributed by atoms with Gasteiger partial charge in [0.2, 0.25) is 5.89 Å². The molecule has 2 heterocycles. The van der Waals surface area contributed by atoms with Gasteiger partial charge in [0, 0.05) is 50.0 Å². The normalized spacial score (nSPS) is 15.3. The van der Waals surface area contributed by atoms with E-state index in [0.717, 1.165) is 43.4 Å². The van der Waals surface area contributed by atoms with Crippen LogP contribution in [-0.2, 0) is 6.54 Å². The van der Waals surface area contributed by atoms with Crippen molar-refractivity contribution in [1.29, 1.82) is 0 Å². The van der Waals surface area contributed by atoms with E-state index < -0.39 is 0 Å². The van der Waals surface area contributed by atoms with Gasteiger partial charge in [-0.1, -0.05) is 17.7 Å². The van der Waals surface area contributed by atoms with Crippen molar-refractivity contribution in [1.82, 2.24) is 20.1 Å². The number of nitrogens with one attached hydrogen (secondary N) is 1. The highest BCUT2D eigenvalue weighted by Crippen LogP contribution is 2.21. The van der Waals surface area contributed by atoms with Gasteiger partial charge >= 0.3 is 0 Å². The van der Waals surface area contributed by atoms with Crippen molar-refractivity contribution in [2.75, 3.05) is 58.3 Å². The Morgan fingerprint density at radius 3 is 2.78 bits per heavy atom. The van der Waals surface area contributed by atoms with E-state index in [1.165, 1.54) is 6.26 Å². The number of oxazole rings is 1. The molecule has 0 aliphatic carbocycles. The molecular weight excluding hydrogens is 366 g/mol. The summed E-state index contributed by atoms with van der Waals surface area (Å²) in [5.74, 6) is 0.376. The monoisotopic (exact) mass is 391 g/mol. The van der Waals surface area contributed by atoms with Crippen LogP contribution in [-0.4, -0.2) is 74.1 Å². The zero-order valence-electron chi connectivity index (χ0n) is 15.8. The number of hydrogen-bond acceptors (Lipinski definition) is 6. The molecule has 1 N–H and O–H groups in total. The van der Waals surface area contributed by atoms with Crippen LogP contribution >= 0.6 is 11.6 Å². The van der Waals surface area contributed by atoms with Crippen LogP contribution in [0.5, 0.6) is 0 Å². The van der Waals surface area contributed by atoms with E-state index in [1.807, 2.05) is 37.2 Å². The van der Waals surface area contributed by atoms with E-state index in [-0.39, 0.29) is 5.91 Å². The number of carbonyl (C=O) groups excluding carboxylic acids is 1. The summed E-state index contributed by atoms with van der Waals surface area (Å²) in [5.41, 5.74) is 1.48. The molecule has 0 bridgehead atoms. The molecule has 1 aromatic carbocycles. The van der Waals surface area contributed by atoms with Gasteiger partial charge in [-0.05, 0) is 32.3 Å². The van der Waals surface area contributed by atoms with Crippen molar-refractivity contribution in [3.05, 3.63) is 47.1 Å². The fourth-order valence-electron chi connectivity index (χ4n) is 3.00. The van der Waals surface area contributed by atoms with Crippen LogP contribution in [0.25, 0.3) is 0 Å². The summed E-state index contributed by atoms with van der Waals surface area (Å²) in [7, 11) is 3.93. The minimum Gasteiger partial charge on any atom is -0.447 e. The first-order valence-corrected chi connectivity index (χ1v) is 9.49. The Morgan fingerprint density at radius 2 is 2.07 bits per heavy atom. The predicted molar refractivity (Wildman–Crippen MR) is 106 cm³/mol. The summed E-state index contributed by atoms with van der Waals surface area (Å²) < 4.78 is 5.49. The molecule has 0 spiro atoms. The number of likely N-dealkylation sites (N-methyl/N-ethyl adjacent to an activating group) is 1. The van der Waals surface area contributed by atoms with Gasteiger partial charge in [0.25, 0.3) is 5.91 Å². The molecular formula is C19H26ClN5O2. The molecule has 1 fully saturated rings. The lowest BCUT2D eigenvalue weighted by Gasteiger charge is -2.35. The molecule has 1 aromatic heterocycles. The summed E-state index contributed by atoms with van der Waals surface area (Å²) in [5, 5.41) is 3.60. The van der Waals surface area contributed by atoms with Crippen molar-refractivity contribution in [2.24, 2.45) is 0 Å². The molecule has 8 heteroatoms. The molecule has 1 aliphatic heterocycles. The van der Waals surface area contributed by atoms with E-state index in [2.05, 4.69) is 26.2 Å². The van der Waals surface area contributed by atoms with E-state index in [0.29, 0.717) is 24.7 Å².